The van der Waals surface area contributed by atoms with Crippen LogP contribution >= 0.6 is 24.8 Å². The van der Waals surface area contributed by atoms with Gasteiger partial charge in [-0.1, -0.05) is 0 Å². The number of allylic oxidation sites excluding steroid dienone is 4. The van der Waals surface area contributed by atoms with E-state index in [0.29, 0.717) is 0 Å². The zero-order chi connectivity index (χ0) is 5.28. The van der Waals surface area contributed by atoms with E-state index in [1.54, 1.807) is 28.0 Å². The molecular formula is C6H9Cl2Zr. The number of rotatable bonds is 0. The van der Waals surface area contributed by atoms with E-state index in [4.69, 9.17) is 0 Å². The van der Waals surface area contributed by atoms with E-state index in [-0.39, 0.29) is 24.8 Å². The van der Waals surface area contributed by atoms with Crippen molar-refractivity contribution in [2.24, 2.45) is 0 Å². The quantitative estimate of drug-likeness (QED) is 0.613. The molecule has 0 atom stereocenters. The molecule has 0 fully saturated rings. The molecule has 1 aliphatic carbocycles. The molecule has 0 nitrogen and oxygen atoms in total. The van der Waals surface area contributed by atoms with Crippen molar-refractivity contribution in [1.29, 1.82) is 0 Å². The molecular weight excluding hydrogens is 234 g/mol. The molecule has 0 saturated carbocycles. The topological polar surface area (TPSA) is 0 Å². The summed E-state index contributed by atoms with van der Waals surface area (Å²) < 4.78 is 1.57. The Morgan fingerprint density at radius 3 is 2.11 bits per heavy atom. The zero-order valence-corrected chi connectivity index (χ0v) is 9.27. The molecule has 1 rings (SSSR count). The third-order valence-electron chi connectivity index (χ3n) is 1.05. The fraction of sp³-hybridized carbons (Fsp3) is 0.333. The van der Waals surface area contributed by atoms with Gasteiger partial charge in [0.2, 0.25) is 0 Å². The van der Waals surface area contributed by atoms with Gasteiger partial charge in [0.25, 0.3) is 0 Å². The van der Waals surface area contributed by atoms with Crippen LogP contribution in [0.5, 0.6) is 0 Å². The second kappa shape index (κ2) is 5.71. The van der Waals surface area contributed by atoms with E-state index in [2.05, 4.69) is 19.1 Å². The molecule has 0 bridgehead atoms. The van der Waals surface area contributed by atoms with Crippen LogP contribution in [0.4, 0.5) is 0 Å². The second-order valence-corrected chi connectivity index (χ2v) is 3.40. The van der Waals surface area contributed by atoms with Gasteiger partial charge in [-0.3, -0.25) is 0 Å². The molecule has 0 aliphatic heterocycles. The van der Waals surface area contributed by atoms with Crippen LogP contribution in [0.2, 0.25) is 0 Å². The molecule has 3 heteroatoms. The Bertz CT molecular complexity index is 138. The molecule has 0 spiro atoms. The van der Waals surface area contributed by atoms with E-state index in [1.165, 1.54) is 12.0 Å². The maximum absolute atomic E-state index is 2.27. The van der Waals surface area contributed by atoms with Crippen LogP contribution in [0.3, 0.4) is 0 Å². The number of hydrogen-bond donors (Lipinski definition) is 0. The van der Waals surface area contributed by atoms with Crippen LogP contribution in [0.15, 0.2) is 21.0 Å². The molecule has 0 saturated heterocycles. The minimum atomic E-state index is 0. The summed E-state index contributed by atoms with van der Waals surface area (Å²) in [5.41, 5.74) is 1.44. The van der Waals surface area contributed by atoms with Crippen molar-refractivity contribution in [3.8, 4) is 0 Å². The Balaban J connectivity index is 0. The largest absolute Gasteiger partial charge is 0.147 e. The first-order valence-corrected chi connectivity index (χ1v) is 3.61. The van der Waals surface area contributed by atoms with Gasteiger partial charge in [0.15, 0.2) is 0 Å². The van der Waals surface area contributed by atoms with Crippen LogP contribution in [0.25, 0.3) is 0 Å². The number of halogens is 2. The van der Waals surface area contributed by atoms with Crippen LogP contribution in [-0.2, 0) is 24.7 Å². The molecule has 0 radical (unpaired) electrons. The maximum Gasteiger partial charge on any atom is -0.147 e. The van der Waals surface area contributed by atoms with E-state index in [0.717, 1.165) is 0 Å². The van der Waals surface area contributed by atoms with Gasteiger partial charge in [0.1, 0.15) is 0 Å². The van der Waals surface area contributed by atoms with Crippen LogP contribution in [0.1, 0.15) is 13.3 Å². The van der Waals surface area contributed by atoms with Gasteiger partial charge in [-0.05, 0) is 0 Å². The molecule has 0 N–H and O–H groups in total. The van der Waals surface area contributed by atoms with Gasteiger partial charge in [-0.15, -0.1) is 24.8 Å². The van der Waals surface area contributed by atoms with E-state index in [9.17, 15) is 0 Å². The summed E-state index contributed by atoms with van der Waals surface area (Å²) in [6, 6.07) is 0. The van der Waals surface area contributed by atoms with Gasteiger partial charge >= 0.3 is 59.1 Å². The van der Waals surface area contributed by atoms with Gasteiger partial charge in [0, 0.05) is 0 Å². The van der Waals surface area contributed by atoms with Gasteiger partial charge in [-0.2, -0.15) is 0 Å². The fourth-order valence-electron chi connectivity index (χ4n) is 0.664. The summed E-state index contributed by atoms with van der Waals surface area (Å²) >= 11 is 1.57. The molecule has 51 valence electrons. The SMILES string of the molecule is CC1=CC[C]([Zr])=C1.Cl.Cl. The Kier molecular flexibility index (Phi) is 7.99. The molecule has 0 aromatic heterocycles. The van der Waals surface area contributed by atoms with Crippen molar-refractivity contribution in [2.75, 3.05) is 0 Å². The Labute approximate surface area is 83.5 Å². The minimum absolute atomic E-state index is 0. The minimum Gasteiger partial charge on any atom is -0.147 e. The summed E-state index contributed by atoms with van der Waals surface area (Å²) in [4.78, 5) is 0. The van der Waals surface area contributed by atoms with Crippen molar-refractivity contribution < 1.29 is 24.7 Å². The normalized spacial score (nSPS) is 14.7. The van der Waals surface area contributed by atoms with E-state index in [1.807, 2.05) is 0 Å². The van der Waals surface area contributed by atoms with Crippen LogP contribution in [-0.4, -0.2) is 0 Å². The third kappa shape index (κ3) is 4.36. The van der Waals surface area contributed by atoms with Gasteiger partial charge < -0.3 is 0 Å². The summed E-state index contributed by atoms with van der Waals surface area (Å²) in [5, 5.41) is 0. The molecule has 0 amide bonds. The van der Waals surface area contributed by atoms with Crippen molar-refractivity contribution in [2.45, 2.75) is 13.3 Å². The van der Waals surface area contributed by atoms with E-state index >= 15 is 0 Å². The predicted octanol–water partition coefficient (Wildman–Crippen LogP) is 2.61. The molecule has 0 aromatic rings. The van der Waals surface area contributed by atoms with Crippen molar-refractivity contribution >= 4 is 24.8 Å². The van der Waals surface area contributed by atoms with Crippen molar-refractivity contribution in [1.82, 2.24) is 0 Å². The third-order valence-corrected chi connectivity index (χ3v) is 1.90. The van der Waals surface area contributed by atoms with Crippen LogP contribution < -0.4 is 0 Å². The smallest absolute Gasteiger partial charge is 0.147 e. The van der Waals surface area contributed by atoms with Gasteiger partial charge in [-0.25, -0.2) is 0 Å². The first-order valence-electron chi connectivity index (χ1n) is 2.38. The van der Waals surface area contributed by atoms with Crippen LogP contribution in [0, 0.1) is 0 Å². The summed E-state index contributed by atoms with van der Waals surface area (Å²) in [6.45, 7) is 2.15. The molecule has 0 heterocycles. The molecule has 0 unspecified atom stereocenters. The first kappa shape index (κ1) is 12.6. The average molecular weight is 243 g/mol. The van der Waals surface area contributed by atoms with Gasteiger partial charge in [0.05, 0.1) is 0 Å². The van der Waals surface area contributed by atoms with Crippen molar-refractivity contribution in [3.05, 3.63) is 21.0 Å². The summed E-state index contributed by atoms with van der Waals surface area (Å²) in [7, 11) is 0. The predicted molar refractivity (Wildman–Crippen MR) is 41.0 cm³/mol. The standard InChI is InChI=1S/C6H7.2ClH.Zr/c1-6-4-2-3-5-6;;;/h4-5H,2H2,1H3;2*1H;. The monoisotopic (exact) mass is 241 g/mol. The molecule has 0 aromatic carbocycles. The Morgan fingerprint density at radius 1 is 1.44 bits per heavy atom. The first-order chi connectivity index (χ1) is 3.29. The Hall–Kier alpha value is 0.943. The Morgan fingerprint density at radius 2 is 2.00 bits per heavy atom. The summed E-state index contributed by atoms with van der Waals surface area (Å²) in [6.07, 6.45) is 5.74. The van der Waals surface area contributed by atoms with E-state index < -0.39 is 0 Å². The average Bonchev–Trinajstić information content (AvgIpc) is 1.87. The van der Waals surface area contributed by atoms with Crippen molar-refractivity contribution in [3.63, 3.8) is 0 Å². The second-order valence-electron chi connectivity index (χ2n) is 1.82. The maximum atomic E-state index is 2.27. The number of hydrogen-bond acceptors (Lipinski definition) is 0. The zero-order valence-electron chi connectivity index (χ0n) is 5.18. The summed E-state index contributed by atoms with van der Waals surface area (Å²) in [5.74, 6) is 0. The molecule has 1 aliphatic rings. The molecule has 9 heavy (non-hydrogen) atoms. The fourth-order valence-corrected chi connectivity index (χ4v) is 1.47.